The van der Waals surface area contributed by atoms with Crippen molar-refractivity contribution in [3.63, 3.8) is 0 Å². The van der Waals surface area contributed by atoms with Crippen LogP contribution in [0, 0.1) is 0 Å². The third-order valence-electron chi connectivity index (χ3n) is 3.44. The molecule has 1 fully saturated rings. The average molecular weight is 263 g/mol. The molecule has 1 aliphatic heterocycles. The molecule has 104 valence electrons. The maximum atomic E-state index is 12.0. The summed E-state index contributed by atoms with van der Waals surface area (Å²) in [5.41, 5.74) is 0.814. The van der Waals surface area contributed by atoms with E-state index in [1.807, 2.05) is 17.0 Å². The summed E-state index contributed by atoms with van der Waals surface area (Å²) in [5.74, 6) is 0.394. The molecule has 2 N–H and O–H groups in total. The van der Waals surface area contributed by atoms with Crippen molar-refractivity contribution in [3.05, 3.63) is 29.8 Å². The van der Waals surface area contributed by atoms with E-state index >= 15 is 0 Å². The molecule has 0 aromatic heterocycles. The minimum atomic E-state index is 0.128. The van der Waals surface area contributed by atoms with Crippen molar-refractivity contribution in [2.45, 2.75) is 6.54 Å². The molecule has 1 aliphatic rings. The minimum absolute atomic E-state index is 0.128. The van der Waals surface area contributed by atoms with E-state index in [0.29, 0.717) is 13.1 Å². The quantitative estimate of drug-likeness (QED) is 0.818. The molecule has 0 unspecified atom stereocenters. The molecule has 0 radical (unpaired) electrons. The van der Waals surface area contributed by atoms with E-state index in [-0.39, 0.29) is 11.7 Å². The predicted molar refractivity (Wildman–Crippen MR) is 73.9 cm³/mol. The number of rotatable bonds is 4. The zero-order chi connectivity index (χ0) is 13.7. The maximum Gasteiger partial charge on any atom is 0.236 e. The van der Waals surface area contributed by atoms with E-state index in [1.54, 1.807) is 12.1 Å². The Balaban J connectivity index is 1.74. The molecule has 1 aromatic rings. The van der Waals surface area contributed by atoms with Crippen LogP contribution in [0.15, 0.2) is 24.3 Å². The number of benzene rings is 1. The van der Waals surface area contributed by atoms with Gasteiger partial charge in [-0.05, 0) is 13.1 Å². The highest BCUT2D eigenvalue weighted by Crippen LogP contribution is 2.14. The van der Waals surface area contributed by atoms with E-state index in [0.717, 1.165) is 31.7 Å². The minimum Gasteiger partial charge on any atom is -0.508 e. The zero-order valence-corrected chi connectivity index (χ0v) is 11.3. The second-order valence-corrected chi connectivity index (χ2v) is 4.92. The number of nitrogens with one attached hydrogen (secondary N) is 1. The summed E-state index contributed by atoms with van der Waals surface area (Å²) in [4.78, 5) is 16.1. The van der Waals surface area contributed by atoms with Gasteiger partial charge >= 0.3 is 0 Å². The molecule has 5 nitrogen and oxygen atoms in total. The van der Waals surface area contributed by atoms with Crippen LogP contribution in [0.3, 0.4) is 0 Å². The van der Waals surface area contributed by atoms with Gasteiger partial charge in [-0.15, -0.1) is 0 Å². The number of phenolic OH excluding ortho intramolecular Hbond substituents is 1. The van der Waals surface area contributed by atoms with E-state index in [4.69, 9.17) is 0 Å². The lowest BCUT2D eigenvalue weighted by Crippen LogP contribution is -2.49. The van der Waals surface area contributed by atoms with Crippen molar-refractivity contribution in [2.24, 2.45) is 0 Å². The van der Waals surface area contributed by atoms with Gasteiger partial charge in [-0.2, -0.15) is 0 Å². The van der Waals surface area contributed by atoms with Gasteiger partial charge in [-0.25, -0.2) is 0 Å². The highest BCUT2D eigenvalue weighted by Gasteiger charge is 2.18. The molecule has 1 heterocycles. The first kappa shape index (κ1) is 13.8. The third kappa shape index (κ3) is 3.94. The van der Waals surface area contributed by atoms with Gasteiger partial charge in [0.15, 0.2) is 0 Å². The summed E-state index contributed by atoms with van der Waals surface area (Å²) in [7, 11) is 2.07. The summed E-state index contributed by atoms with van der Waals surface area (Å²) >= 11 is 0. The van der Waals surface area contributed by atoms with Crippen LogP contribution in [0.1, 0.15) is 5.56 Å². The lowest BCUT2D eigenvalue weighted by Gasteiger charge is -2.32. The normalized spacial score (nSPS) is 16.6. The largest absolute Gasteiger partial charge is 0.508 e. The third-order valence-corrected chi connectivity index (χ3v) is 3.44. The number of carbonyl (C=O) groups excluding carboxylic acids is 1. The number of likely N-dealkylation sites (N-methyl/N-ethyl adjacent to an activating group) is 1. The van der Waals surface area contributed by atoms with Crippen LogP contribution in [-0.4, -0.2) is 60.6 Å². The number of phenols is 1. The van der Waals surface area contributed by atoms with Gasteiger partial charge in [0.1, 0.15) is 5.75 Å². The number of piperazine rings is 1. The van der Waals surface area contributed by atoms with Gasteiger partial charge in [-0.1, -0.05) is 18.2 Å². The van der Waals surface area contributed by atoms with Crippen LogP contribution in [0.4, 0.5) is 0 Å². The first-order chi connectivity index (χ1) is 9.16. The Morgan fingerprint density at radius 1 is 1.26 bits per heavy atom. The Labute approximate surface area is 113 Å². The maximum absolute atomic E-state index is 12.0. The smallest absolute Gasteiger partial charge is 0.236 e. The Morgan fingerprint density at radius 2 is 1.95 bits per heavy atom. The number of aromatic hydroxyl groups is 1. The van der Waals surface area contributed by atoms with Crippen LogP contribution in [-0.2, 0) is 11.3 Å². The first-order valence-electron chi connectivity index (χ1n) is 6.61. The fraction of sp³-hybridized carbons (Fsp3) is 0.500. The van der Waals surface area contributed by atoms with Gasteiger partial charge in [0.25, 0.3) is 0 Å². The van der Waals surface area contributed by atoms with Crippen molar-refractivity contribution in [1.29, 1.82) is 0 Å². The zero-order valence-electron chi connectivity index (χ0n) is 11.3. The lowest BCUT2D eigenvalue weighted by molar-refractivity contribution is -0.131. The van der Waals surface area contributed by atoms with Crippen molar-refractivity contribution in [1.82, 2.24) is 15.1 Å². The highest BCUT2D eigenvalue weighted by molar-refractivity contribution is 5.78. The SMILES string of the molecule is CN1CCN(C(=O)CNCc2ccccc2O)CC1. The molecule has 0 saturated carbocycles. The number of carbonyl (C=O) groups is 1. The molecule has 1 amide bonds. The summed E-state index contributed by atoms with van der Waals surface area (Å²) in [5, 5.41) is 12.7. The molecule has 0 aliphatic carbocycles. The van der Waals surface area contributed by atoms with Gasteiger partial charge in [0.2, 0.25) is 5.91 Å². The Bertz CT molecular complexity index is 428. The average Bonchev–Trinajstić information content (AvgIpc) is 2.41. The van der Waals surface area contributed by atoms with Crippen LogP contribution in [0.25, 0.3) is 0 Å². The number of para-hydroxylation sites is 1. The second kappa shape index (κ2) is 6.54. The van der Waals surface area contributed by atoms with E-state index < -0.39 is 0 Å². The lowest BCUT2D eigenvalue weighted by atomic mass is 10.2. The van der Waals surface area contributed by atoms with Crippen LogP contribution >= 0.6 is 0 Å². The molecule has 19 heavy (non-hydrogen) atoms. The molecular weight excluding hydrogens is 242 g/mol. The van der Waals surface area contributed by atoms with Gasteiger partial charge < -0.3 is 20.2 Å². The molecule has 1 saturated heterocycles. The van der Waals surface area contributed by atoms with Crippen molar-refractivity contribution < 1.29 is 9.90 Å². The number of hydrogen-bond acceptors (Lipinski definition) is 4. The van der Waals surface area contributed by atoms with Crippen molar-refractivity contribution in [3.8, 4) is 5.75 Å². The standard InChI is InChI=1S/C14H21N3O2/c1-16-6-8-17(9-7-16)14(19)11-15-10-12-4-2-3-5-13(12)18/h2-5,15,18H,6-11H2,1H3. The van der Waals surface area contributed by atoms with Crippen LogP contribution in [0.2, 0.25) is 0 Å². The Kier molecular flexibility index (Phi) is 4.76. The Morgan fingerprint density at radius 3 is 2.63 bits per heavy atom. The second-order valence-electron chi connectivity index (χ2n) is 4.92. The molecule has 2 rings (SSSR count). The summed E-state index contributed by atoms with van der Waals surface area (Å²) in [6.45, 7) is 4.29. The molecule has 0 atom stereocenters. The van der Waals surface area contributed by atoms with Gasteiger partial charge in [0.05, 0.1) is 6.54 Å². The molecule has 0 spiro atoms. The number of nitrogens with zero attached hydrogens (tertiary/aromatic N) is 2. The number of amides is 1. The van der Waals surface area contributed by atoms with E-state index in [1.165, 1.54) is 0 Å². The van der Waals surface area contributed by atoms with Crippen LogP contribution in [0.5, 0.6) is 5.75 Å². The molecule has 1 aromatic carbocycles. The van der Waals surface area contributed by atoms with Crippen LogP contribution < -0.4 is 5.32 Å². The van der Waals surface area contributed by atoms with E-state index in [9.17, 15) is 9.90 Å². The van der Waals surface area contributed by atoms with Gasteiger partial charge in [0, 0.05) is 38.3 Å². The topological polar surface area (TPSA) is 55.8 Å². The molecule has 5 heteroatoms. The summed E-state index contributed by atoms with van der Waals surface area (Å²) in [6, 6.07) is 7.16. The Hall–Kier alpha value is -1.59. The predicted octanol–water partition coefficient (Wildman–Crippen LogP) is 0.256. The molecular formula is C14H21N3O2. The monoisotopic (exact) mass is 263 g/mol. The van der Waals surface area contributed by atoms with Gasteiger partial charge in [-0.3, -0.25) is 4.79 Å². The van der Waals surface area contributed by atoms with Crippen molar-refractivity contribution >= 4 is 5.91 Å². The summed E-state index contributed by atoms with van der Waals surface area (Å²) in [6.07, 6.45) is 0. The summed E-state index contributed by atoms with van der Waals surface area (Å²) < 4.78 is 0. The first-order valence-corrected chi connectivity index (χ1v) is 6.61. The van der Waals surface area contributed by atoms with Crippen molar-refractivity contribution in [2.75, 3.05) is 39.8 Å². The van der Waals surface area contributed by atoms with E-state index in [2.05, 4.69) is 17.3 Å². The fourth-order valence-corrected chi connectivity index (χ4v) is 2.13. The fourth-order valence-electron chi connectivity index (χ4n) is 2.13. The molecule has 0 bridgehead atoms. The number of hydrogen-bond donors (Lipinski definition) is 2. The highest BCUT2D eigenvalue weighted by atomic mass is 16.3.